The third kappa shape index (κ3) is 3.04. The van der Waals surface area contributed by atoms with Crippen LogP contribution in [-0.4, -0.2) is 18.2 Å². The van der Waals surface area contributed by atoms with Crippen LogP contribution in [0.25, 0.3) is 11.8 Å². The Morgan fingerprint density at radius 2 is 1.92 bits per heavy atom. The summed E-state index contributed by atoms with van der Waals surface area (Å²) in [6.07, 6.45) is 3.45. The number of hydrogen-bond acceptors (Lipinski definition) is 4. The molecular weight excluding hydrogens is 304 g/mol. The van der Waals surface area contributed by atoms with Gasteiger partial charge in [-0.25, -0.2) is 4.79 Å². The first kappa shape index (κ1) is 15.9. The van der Waals surface area contributed by atoms with Crippen molar-refractivity contribution in [2.24, 2.45) is 0 Å². The lowest BCUT2D eigenvalue weighted by atomic mass is 10.0. The Morgan fingerprint density at radius 1 is 1.12 bits per heavy atom. The summed E-state index contributed by atoms with van der Waals surface area (Å²) in [5.41, 5.74) is 4.27. The Morgan fingerprint density at radius 3 is 2.67 bits per heavy atom. The van der Waals surface area contributed by atoms with Crippen LogP contribution in [0.2, 0.25) is 0 Å². The number of benzene rings is 2. The van der Waals surface area contributed by atoms with Gasteiger partial charge in [-0.2, -0.15) is 0 Å². The second-order valence-electron chi connectivity index (χ2n) is 5.75. The Bertz CT molecular complexity index is 875. The van der Waals surface area contributed by atoms with Crippen molar-refractivity contribution in [3.05, 3.63) is 70.3 Å². The minimum Gasteiger partial charge on any atom is -0.504 e. The van der Waals surface area contributed by atoms with E-state index in [-0.39, 0.29) is 5.75 Å². The van der Waals surface area contributed by atoms with E-state index in [1.54, 1.807) is 24.3 Å². The van der Waals surface area contributed by atoms with E-state index in [0.717, 1.165) is 22.3 Å². The predicted molar refractivity (Wildman–Crippen MR) is 92.6 cm³/mol. The molecule has 0 fully saturated rings. The first-order valence-electron chi connectivity index (χ1n) is 7.58. The van der Waals surface area contributed by atoms with Gasteiger partial charge in [-0.15, -0.1) is 0 Å². The fourth-order valence-corrected chi connectivity index (χ4v) is 2.59. The van der Waals surface area contributed by atoms with Gasteiger partial charge in [0.1, 0.15) is 5.76 Å². The standard InChI is InChI=1S/C20H18O4/c1-12-4-5-13(2)16(8-12)18-11-15(20(22)24-18)9-14-6-7-17(21)19(10-14)23-3/h4-11,21H,1-3H3. The van der Waals surface area contributed by atoms with E-state index in [9.17, 15) is 9.90 Å². The Kier molecular flexibility index (Phi) is 4.13. The number of rotatable bonds is 3. The van der Waals surface area contributed by atoms with Crippen LogP contribution in [-0.2, 0) is 9.53 Å². The van der Waals surface area contributed by atoms with Crippen LogP contribution in [0.4, 0.5) is 0 Å². The molecule has 0 aliphatic carbocycles. The van der Waals surface area contributed by atoms with Gasteiger partial charge in [0.05, 0.1) is 12.7 Å². The number of methoxy groups -OCH3 is 1. The molecule has 0 bridgehead atoms. The lowest BCUT2D eigenvalue weighted by molar-refractivity contribution is -0.130. The van der Waals surface area contributed by atoms with E-state index >= 15 is 0 Å². The van der Waals surface area contributed by atoms with Gasteiger partial charge in [-0.05, 0) is 55.3 Å². The molecule has 3 rings (SSSR count). The second kappa shape index (κ2) is 6.24. The van der Waals surface area contributed by atoms with Crippen molar-refractivity contribution in [1.29, 1.82) is 0 Å². The van der Waals surface area contributed by atoms with Gasteiger partial charge in [0.15, 0.2) is 11.5 Å². The number of aromatic hydroxyl groups is 1. The van der Waals surface area contributed by atoms with Crippen molar-refractivity contribution in [3.63, 3.8) is 0 Å². The SMILES string of the molecule is COc1cc(C=C2C=C(c3cc(C)ccc3C)OC2=O)ccc1O. The Hall–Kier alpha value is -3.01. The number of carbonyl (C=O) groups excluding carboxylic acids is 1. The van der Waals surface area contributed by atoms with Crippen molar-refractivity contribution in [2.75, 3.05) is 7.11 Å². The van der Waals surface area contributed by atoms with Gasteiger partial charge >= 0.3 is 5.97 Å². The van der Waals surface area contributed by atoms with Gasteiger partial charge in [-0.3, -0.25) is 0 Å². The molecule has 1 aliphatic heterocycles. The number of esters is 1. The van der Waals surface area contributed by atoms with Crippen LogP contribution in [0.1, 0.15) is 22.3 Å². The van der Waals surface area contributed by atoms with Crippen molar-refractivity contribution < 1.29 is 19.4 Å². The minimum atomic E-state index is -0.391. The zero-order valence-electron chi connectivity index (χ0n) is 13.8. The molecule has 0 aromatic heterocycles. The molecule has 0 atom stereocenters. The van der Waals surface area contributed by atoms with Gasteiger partial charge in [0.25, 0.3) is 0 Å². The molecule has 1 N–H and O–H groups in total. The molecule has 4 nitrogen and oxygen atoms in total. The van der Waals surface area contributed by atoms with Gasteiger partial charge in [-0.1, -0.05) is 23.8 Å². The minimum absolute atomic E-state index is 0.0558. The lowest BCUT2D eigenvalue weighted by Crippen LogP contribution is -1.98. The first-order valence-corrected chi connectivity index (χ1v) is 7.58. The summed E-state index contributed by atoms with van der Waals surface area (Å²) in [5.74, 6) is 0.575. The molecule has 2 aromatic carbocycles. The Balaban J connectivity index is 1.98. The van der Waals surface area contributed by atoms with E-state index < -0.39 is 5.97 Å². The average Bonchev–Trinajstić information content (AvgIpc) is 2.92. The third-order valence-electron chi connectivity index (χ3n) is 3.91. The zero-order valence-corrected chi connectivity index (χ0v) is 13.8. The van der Waals surface area contributed by atoms with E-state index in [1.807, 2.05) is 32.0 Å². The number of carbonyl (C=O) groups is 1. The number of phenols is 1. The van der Waals surface area contributed by atoms with E-state index in [4.69, 9.17) is 9.47 Å². The number of aryl methyl sites for hydroxylation is 2. The maximum absolute atomic E-state index is 12.2. The maximum Gasteiger partial charge on any atom is 0.343 e. The molecule has 0 radical (unpaired) electrons. The van der Waals surface area contributed by atoms with Crippen LogP contribution >= 0.6 is 0 Å². The number of cyclic esters (lactones) is 1. The monoisotopic (exact) mass is 322 g/mol. The molecule has 0 amide bonds. The van der Waals surface area contributed by atoms with Crippen molar-refractivity contribution in [3.8, 4) is 11.5 Å². The maximum atomic E-state index is 12.2. The number of phenolic OH excluding ortho intramolecular Hbond substituents is 1. The fourth-order valence-electron chi connectivity index (χ4n) is 2.59. The van der Waals surface area contributed by atoms with Gasteiger partial charge in [0.2, 0.25) is 0 Å². The summed E-state index contributed by atoms with van der Waals surface area (Å²) in [6, 6.07) is 10.9. The predicted octanol–water partition coefficient (Wildman–Crippen LogP) is 4.00. The molecule has 24 heavy (non-hydrogen) atoms. The topological polar surface area (TPSA) is 55.8 Å². The molecule has 1 aliphatic rings. The normalized spacial score (nSPS) is 15.4. The molecule has 0 saturated carbocycles. The van der Waals surface area contributed by atoms with E-state index in [2.05, 4.69) is 0 Å². The van der Waals surface area contributed by atoms with Crippen LogP contribution in [0.5, 0.6) is 11.5 Å². The highest BCUT2D eigenvalue weighted by atomic mass is 16.5. The highest BCUT2D eigenvalue weighted by Gasteiger charge is 2.23. The molecular formula is C20H18O4. The average molecular weight is 322 g/mol. The first-order chi connectivity index (χ1) is 11.5. The smallest absolute Gasteiger partial charge is 0.343 e. The van der Waals surface area contributed by atoms with Crippen LogP contribution in [0.15, 0.2) is 48.0 Å². The van der Waals surface area contributed by atoms with Crippen LogP contribution < -0.4 is 4.74 Å². The largest absolute Gasteiger partial charge is 0.504 e. The van der Waals surface area contributed by atoms with E-state index in [0.29, 0.717) is 17.1 Å². The summed E-state index contributed by atoms with van der Waals surface area (Å²) in [4.78, 5) is 12.2. The third-order valence-corrected chi connectivity index (χ3v) is 3.91. The summed E-state index contributed by atoms with van der Waals surface area (Å²) in [6.45, 7) is 3.98. The summed E-state index contributed by atoms with van der Waals surface area (Å²) in [7, 11) is 1.48. The molecule has 4 heteroatoms. The van der Waals surface area contributed by atoms with Gasteiger partial charge in [0, 0.05) is 5.56 Å². The van der Waals surface area contributed by atoms with Crippen LogP contribution in [0, 0.1) is 13.8 Å². The molecule has 2 aromatic rings. The molecule has 0 spiro atoms. The highest BCUT2D eigenvalue weighted by molar-refractivity contribution is 6.05. The number of hydrogen-bond donors (Lipinski definition) is 1. The quantitative estimate of drug-likeness (QED) is 0.685. The Labute approximate surface area is 140 Å². The molecule has 1 heterocycles. The molecule has 0 saturated heterocycles. The van der Waals surface area contributed by atoms with Crippen LogP contribution in [0.3, 0.4) is 0 Å². The van der Waals surface area contributed by atoms with Crippen molar-refractivity contribution in [1.82, 2.24) is 0 Å². The van der Waals surface area contributed by atoms with Gasteiger partial charge < -0.3 is 14.6 Å². The molecule has 0 unspecified atom stereocenters. The highest BCUT2D eigenvalue weighted by Crippen LogP contribution is 2.31. The van der Waals surface area contributed by atoms with Crippen molar-refractivity contribution >= 4 is 17.8 Å². The number of ether oxygens (including phenoxy) is 2. The second-order valence-corrected chi connectivity index (χ2v) is 5.75. The zero-order chi connectivity index (χ0) is 17.3. The summed E-state index contributed by atoms with van der Waals surface area (Å²) < 4.78 is 10.5. The van der Waals surface area contributed by atoms with E-state index in [1.165, 1.54) is 13.2 Å². The lowest BCUT2D eigenvalue weighted by Gasteiger charge is -2.06. The van der Waals surface area contributed by atoms with Crippen molar-refractivity contribution in [2.45, 2.75) is 13.8 Å². The summed E-state index contributed by atoms with van der Waals surface area (Å²) in [5, 5.41) is 9.65. The fraction of sp³-hybridized carbons (Fsp3) is 0.150. The summed E-state index contributed by atoms with van der Waals surface area (Å²) >= 11 is 0. The molecule has 122 valence electrons.